The van der Waals surface area contributed by atoms with Gasteiger partial charge in [0, 0.05) is 18.6 Å². The van der Waals surface area contributed by atoms with Gasteiger partial charge in [-0.1, -0.05) is 26.0 Å². The molecule has 1 aliphatic carbocycles. The van der Waals surface area contributed by atoms with Crippen LogP contribution in [0.4, 0.5) is 4.39 Å². The maximum Gasteiger partial charge on any atom is 0.123 e. The molecule has 1 aromatic rings. The highest BCUT2D eigenvalue weighted by Gasteiger charge is 2.35. The van der Waals surface area contributed by atoms with Gasteiger partial charge in [0.05, 0.1) is 0 Å². The Bertz CT molecular complexity index is 404. The van der Waals surface area contributed by atoms with Crippen LogP contribution in [0.1, 0.15) is 38.3 Å². The Morgan fingerprint density at radius 2 is 1.95 bits per heavy atom. The fraction of sp³-hybridized carbons (Fsp3) is 0.625. The first-order valence-electron chi connectivity index (χ1n) is 7.24. The summed E-state index contributed by atoms with van der Waals surface area (Å²) in [6.45, 7) is 5.48. The normalized spacial score (nSPS) is 25.4. The van der Waals surface area contributed by atoms with E-state index in [2.05, 4.69) is 25.8 Å². The first-order valence-corrected chi connectivity index (χ1v) is 7.24. The molecule has 0 radical (unpaired) electrons. The zero-order valence-electron chi connectivity index (χ0n) is 12.1. The molecule has 19 heavy (non-hydrogen) atoms. The minimum atomic E-state index is -0.189. The molecule has 3 heteroatoms. The summed E-state index contributed by atoms with van der Waals surface area (Å²) in [6.07, 6.45) is 2.24. The highest BCUT2D eigenvalue weighted by atomic mass is 19.1. The Morgan fingerprint density at radius 3 is 2.42 bits per heavy atom. The van der Waals surface area contributed by atoms with Crippen molar-refractivity contribution < 1.29 is 4.39 Å². The largest absolute Gasteiger partial charge is 0.326 e. The van der Waals surface area contributed by atoms with E-state index in [4.69, 9.17) is 5.73 Å². The summed E-state index contributed by atoms with van der Waals surface area (Å²) in [5.41, 5.74) is 7.40. The Labute approximate surface area is 115 Å². The van der Waals surface area contributed by atoms with Gasteiger partial charge in [-0.05, 0) is 49.4 Å². The van der Waals surface area contributed by atoms with Crippen LogP contribution in [0.15, 0.2) is 24.3 Å². The molecule has 0 bridgehead atoms. The highest BCUT2D eigenvalue weighted by molar-refractivity contribution is 5.21. The van der Waals surface area contributed by atoms with Gasteiger partial charge in [-0.3, -0.25) is 4.90 Å². The topological polar surface area (TPSA) is 29.3 Å². The molecule has 106 valence electrons. The summed E-state index contributed by atoms with van der Waals surface area (Å²) in [4.78, 5) is 2.34. The molecule has 0 amide bonds. The van der Waals surface area contributed by atoms with Gasteiger partial charge in [0.2, 0.25) is 0 Å². The van der Waals surface area contributed by atoms with Crippen LogP contribution in [0, 0.1) is 17.7 Å². The number of likely N-dealkylation sites (N-methyl/N-ethyl adjacent to an activating group) is 1. The third-order valence-corrected chi connectivity index (χ3v) is 4.36. The van der Waals surface area contributed by atoms with Crippen LogP contribution in [-0.2, 0) is 0 Å². The summed E-state index contributed by atoms with van der Waals surface area (Å²) >= 11 is 0. The minimum Gasteiger partial charge on any atom is -0.326 e. The van der Waals surface area contributed by atoms with Gasteiger partial charge in [-0.15, -0.1) is 0 Å². The van der Waals surface area contributed by atoms with Crippen molar-refractivity contribution in [1.29, 1.82) is 0 Å². The van der Waals surface area contributed by atoms with Crippen LogP contribution in [0.5, 0.6) is 0 Å². The molecule has 1 fully saturated rings. The molecule has 0 saturated heterocycles. The Hall–Kier alpha value is -0.930. The number of nitrogens with two attached hydrogens (primary N) is 1. The van der Waals surface area contributed by atoms with Crippen LogP contribution in [0.25, 0.3) is 0 Å². The average molecular weight is 264 g/mol. The van der Waals surface area contributed by atoms with Crippen molar-refractivity contribution in [1.82, 2.24) is 4.90 Å². The number of rotatable bonds is 6. The summed E-state index contributed by atoms with van der Waals surface area (Å²) in [5.74, 6) is 1.46. The van der Waals surface area contributed by atoms with Crippen LogP contribution >= 0.6 is 0 Å². The molecule has 2 rings (SSSR count). The maximum absolute atomic E-state index is 13.1. The van der Waals surface area contributed by atoms with Crippen molar-refractivity contribution in [2.24, 2.45) is 17.6 Å². The lowest BCUT2D eigenvalue weighted by molar-refractivity contribution is 0.199. The van der Waals surface area contributed by atoms with Gasteiger partial charge < -0.3 is 5.73 Å². The van der Waals surface area contributed by atoms with Gasteiger partial charge in [0.25, 0.3) is 0 Å². The van der Waals surface area contributed by atoms with Crippen LogP contribution in [-0.4, -0.2) is 24.5 Å². The van der Waals surface area contributed by atoms with E-state index >= 15 is 0 Å². The van der Waals surface area contributed by atoms with E-state index in [1.807, 2.05) is 12.1 Å². The second kappa shape index (κ2) is 6.02. The first-order chi connectivity index (χ1) is 9.02. The zero-order valence-corrected chi connectivity index (χ0v) is 12.1. The molecule has 1 aliphatic rings. The van der Waals surface area contributed by atoms with E-state index in [1.54, 1.807) is 0 Å². The van der Waals surface area contributed by atoms with Crippen LogP contribution < -0.4 is 5.73 Å². The van der Waals surface area contributed by atoms with Crippen molar-refractivity contribution in [2.75, 3.05) is 13.6 Å². The third-order valence-electron chi connectivity index (χ3n) is 4.36. The molecule has 0 aromatic heterocycles. The molecular formula is C16H25FN2. The summed E-state index contributed by atoms with van der Waals surface area (Å²) in [5, 5.41) is 0. The van der Waals surface area contributed by atoms with E-state index < -0.39 is 0 Å². The lowest BCUT2D eigenvalue weighted by Crippen LogP contribution is -2.39. The minimum absolute atomic E-state index is 0.0875. The van der Waals surface area contributed by atoms with E-state index in [1.165, 1.54) is 18.6 Å². The molecule has 4 unspecified atom stereocenters. The predicted octanol–water partition coefficient (Wildman–Crippen LogP) is 3.19. The van der Waals surface area contributed by atoms with Gasteiger partial charge in [-0.2, -0.15) is 0 Å². The Balaban J connectivity index is 2.12. The second-order valence-electron chi connectivity index (χ2n) is 5.98. The lowest BCUT2D eigenvalue weighted by Gasteiger charge is -2.33. The molecule has 1 aromatic carbocycles. The van der Waals surface area contributed by atoms with Crippen molar-refractivity contribution in [3.05, 3.63) is 35.6 Å². The van der Waals surface area contributed by atoms with Crippen LogP contribution in [0.2, 0.25) is 0 Å². The molecule has 1 saturated carbocycles. The average Bonchev–Trinajstić information content (AvgIpc) is 3.07. The second-order valence-corrected chi connectivity index (χ2v) is 5.98. The Kier molecular flexibility index (Phi) is 4.58. The van der Waals surface area contributed by atoms with Crippen LogP contribution in [0.3, 0.4) is 0 Å². The summed E-state index contributed by atoms with van der Waals surface area (Å²) < 4.78 is 13.1. The van der Waals surface area contributed by atoms with Crippen molar-refractivity contribution in [3.63, 3.8) is 0 Å². The molecule has 0 spiro atoms. The molecule has 4 atom stereocenters. The van der Waals surface area contributed by atoms with E-state index in [-0.39, 0.29) is 17.9 Å². The molecular weight excluding hydrogens is 239 g/mol. The molecule has 2 N–H and O–H groups in total. The highest BCUT2D eigenvalue weighted by Crippen LogP contribution is 2.39. The zero-order chi connectivity index (χ0) is 14.0. The number of hydrogen-bond donors (Lipinski definition) is 1. The van der Waals surface area contributed by atoms with Gasteiger partial charge in [-0.25, -0.2) is 4.39 Å². The van der Waals surface area contributed by atoms with Crippen molar-refractivity contribution >= 4 is 0 Å². The third kappa shape index (κ3) is 3.54. The number of benzene rings is 1. The fourth-order valence-electron chi connectivity index (χ4n) is 2.85. The number of halogens is 1. The Morgan fingerprint density at radius 1 is 1.37 bits per heavy atom. The molecule has 0 aliphatic heterocycles. The van der Waals surface area contributed by atoms with Gasteiger partial charge in [0.15, 0.2) is 0 Å². The maximum atomic E-state index is 13.1. The molecule has 0 heterocycles. The van der Waals surface area contributed by atoms with Crippen molar-refractivity contribution in [3.8, 4) is 0 Å². The predicted molar refractivity (Wildman–Crippen MR) is 77.3 cm³/mol. The van der Waals surface area contributed by atoms with Gasteiger partial charge in [0.1, 0.15) is 5.82 Å². The number of nitrogens with zero attached hydrogens (tertiary/aromatic N) is 1. The van der Waals surface area contributed by atoms with E-state index in [0.29, 0.717) is 0 Å². The lowest BCUT2D eigenvalue weighted by atomic mass is 9.96. The quantitative estimate of drug-likeness (QED) is 0.855. The monoisotopic (exact) mass is 264 g/mol. The van der Waals surface area contributed by atoms with Gasteiger partial charge >= 0.3 is 0 Å². The van der Waals surface area contributed by atoms with Crippen molar-refractivity contribution in [2.45, 2.75) is 38.8 Å². The number of hydrogen-bond acceptors (Lipinski definition) is 2. The smallest absolute Gasteiger partial charge is 0.123 e. The standard InChI is InChI=1S/C16H25FN2/c1-4-15(18)16(12-5-7-14(17)8-6-12)19(3)10-13-9-11(13)2/h5-8,11,13,15-16H,4,9-10,18H2,1-3H3. The SMILES string of the molecule is CCC(N)C(c1ccc(F)cc1)N(C)CC1CC1C. The summed E-state index contributed by atoms with van der Waals surface area (Å²) in [6, 6.07) is 7.05. The molecule has 2 nitrogen and oxygen atoms in total. The van der Waals surface area contributed by atoms with E-state index in [9.17, 15) is 4.39 Å². The first kappa shape index (κ1) is 14.5. The summed E-state index contributed by atoms with van der Waals surface area (Å²) in [7, 11) is 2.13. The fourth-order valence-corrected chi connectivity index (χ4v) is 2.85. The van der Waals surface area contributed by atoms with E-state index in [0.717, 1.165) is 30.4 Å².